The van der Waals surface area contributed by atoms with E-state index in [9.17, 15) is 0 Å². The van der Waals surface area contributed by atoms with Gasteiger partial charge in [-0.25, -0.2) is 0 Å². The number of nitrogens with one attached hydrogen (secondary N) is 1. The fraction of sp³-hybridized carbons (Fsp3) is 0.333. The molecule has 0 aliphatic heterocycles. The summed E-state index contributed by atoms with van der Waals surface area (Å²) in [6, 6.07) is 6.53. The van der Waals surface area contributed by atoms with Crippen LogP contribution in [0, 0.1) is 0 Å². The quantitative estimate of drug-likeness (QED) is 0.904. The summed E-state index contributed by atoms with van der Waals surface area (Å²) in [4.78, 5) is 3.98. The molecule has 5 heteroatoms. The summed E-state index contributed by atoms with van der Waals surface area (Å²) in [7, 11) is 0. The average Bonchev–Trinajstić information content (AvgIpc) is 2.94. The summed E-state index contributed by atoms with van der Waals surface area (Å²) in [5, 5.41) is 8.00. The van der Waals surface area contributed by atoms with E-state index in [2.05, 4.69) is 26.0 Å². The summed E-state index contributed by atoms with van der Waals surface area (Å²) in [5.74, 6) is 0.694. The van der Waals surface area contributed by atoms with Crippen molar-refractivity contribution in [2.75, 3.05) is 0 Å². The normalized spacial score (nSPS) is 18.3. The molecular formula is C12H12ClN3O. The number of rotatable bonds is 3. The third kappa shape index (κ3) is 2.33. The molecule has 0 amide bonds. The molecule has 1 N–H and O–H groups in total. The highest BCUT2D eigenvalue weighted by atomic mass is 35.5. The molecule has 0 radical (unpaired) electrons. The van der Waals surface area contributed by atoms with Crippen LogP contribution in [0.4, 0.5) is 0 Å². The van der Waals surface area contributed by atoms with Crippen molar-refractivity contribution in [3.8, 4) is 0 Å². The van der Waals surface area contributed by atoms with Crippen LogP contribution in [0.2, 0.25) is 5.02 Å². The van der Waals surface area contributed by atoms with E-state index in [1.807, 2.05) is 12.1 Å². The van der Waals surface area contributed by atoms with Crippen molar-refractivity contribution in [1.29, 1.82) is 0 Å². The highest BCUT2D eigenvalue weighted by Crippen LogP contribution is 2.25. The van der Waals surface area contributed by atoms with E-state index < -0.39 is 0 Å². The van der Waals surface area contributed by atoms with Crippen molar-refractivity contribution in [2.24, 2.45) is 0 Å². The van der Waals surface area contributed by atoms with Gasteiger partial charge in [0.2, 0.25) is 6.39 Å². The van der Waals surface area contributed by atoms with E-state index >= 15 is 0 Å². The molecule has 0 spiro atoms. The summed E-state index contributed by atoms with van der Waals surface area (Å²) in [6.07, 6.45) is 3.39. The van der Waals surface area contributed by atoms with Crippen molar-refractivity contribution in [2.45, 2.75) is 25.4 Å². The monoisotopic (exact) mass is 249 g/mol. The highest BCUT2D eigenvalue weighted by Gasteiger charge is 2.21. The van der Waals surface area contributed by atoms with Crippen molar-refractivity contribution < 1.29 is 4.52 Å². The van der Waals surface area contributed by atoms with E-state index in [1.54, 1.807) is 0 Å². The Morgan fingerprint density at radius 1 is 1.35 bits per heavy atom. The van der Waals surface area contributed by atoms with Gasteiger partial charge in [-0.05, 0) is 36.1 Å². The molecule has 1 unspecified atom stereocenters. The van der Waals surface area contributed by atoms with Gasteiger partial charge in [0.15, 0.2) is 5.82 Å². The second kappa shape index (κ2) is 4.47. The summed E-state index contributed by atoms with van der Waals surface area (Å²) in [5.41, 5.74) is 2.71. The molecule has 0 saturated heterocycles. The third-order valence-corrected chi connectivity index (χ3v) is 3.29. The molecule has 17 heavy (non-hydrogen) atoms. The molecule has 1 heterocycles. The molecule has 0 saturated carbocycles. The van der Waals surface area contributed by atoms with Crippen molar-refractivity contribution in [3.63, 3.8) is 0 Å². The molecule has 0 fully saturated rings. The van der Waals surface area contributed by atoms with Gasteiger partial charge in [0.05, 0.1) is 6.54 Å². The molecule has 2 aromatic rings. The molecule has 1 atom stereocenters. The Labute approximate surface area is 104 Å². The lowest BCUT2D eigenvalue weighted by molar-refractivity contribution is 0.404. The molecule has 88 valence electrons. The van der Waals surface area contributed by atoms with Gasteiger partial charge in [-0.3, -0.25) is 0 Å². The van der Waals surface area contributed by atoms with Crippen molar-refractivity contribution in [1.82, 2.24) is 15.5 Å². The van der Waals surface area contributed by atoms with Crippen LogP contribution in [0.15, 0.2) is 29.1 Å². The average molecular weight is 250 g/mol. The zero-order valence-corrected chi connectivity index (χ0v) is 9.94. The van der Waals surface area contributed by atoms with Gasteiger partial charge in [0, 0.05) is 11.1 Å². The topological polar surface area (TPSA) is 51.0 Å². The summed E-state index contributed by atoms with van der Waals surface area (Å²) < 4.78 is 4.69. The van der Waals surface area contributed by atoms with Crippen molar-refractivity contribution in [3.05, 3.63) is 46.6 Å². The largest absolute Gasteiger partial charge is 0.343 e. The molecule has 1 aliphatic carbocycles. The van der Waals surface area contributed by atoms with E-state index in [0.29, 0.717) is 18.4 Å². The predicted molar refractivity (Wildman–Crippen MR) is 63.8 cm³/mol. The van der Waals surface area contributed by atoms with E-state index in [4.69, 9.17) is 11.6 Å². The van der Waals surface area contributed by atoms with Crippen LogP contribution in [-0.2, 0) is 19.4 Å². The number of halogens is 1. The van der Waals surface area contributed by atoms with Gasteiger partial charge in [-0.1, -0.05) is 22.8 Å². The summed E-state index contributed by atoms with van der Waals surface area (Å²) >= 11 is 5.98. The van der Waals surface area contributed by atoms with Gasteiger partial charge >= 0.3 is 0 Å². The lowest BCUT2D eigenvalue weighted by atomic mass is 10.1. The second-order valence-corrected chi connectivity index (χ2v) is 4.68. The minimum Gasteiger partial charge on any atom is -0.343 e. The van der Waals surface area contributed by atoms with Crippen LogP contribution in [-0.4, -0.2) is 16.2 Å². The van der Waals surface area contributed by atoms with Crippen LogP contribution in [0.1, 0.15) is 17.0 Å². The maximum absolute atomic E-state index is 5.98. The Hall–Kier alpha value is -1.39. The fourth-order valence-corrected chi connectivity index (χ4v) is 2.43. The Morgan fingerprint density at radius 3 is 3.06 bits per heavy atom. The van der Waals surface area contributed by atoms with Gasteiger partial charge in [-0.15, -0.1) is 0 Å². The van der Waals surface area contributed by atoms with Gasteiger partial charge < -0.3 is 9.84 Å². The Balaban J connectivity index is 1.62. The molecule has 4 nitrogen and oxygen atoms in total. The standard InChI is InChI=1S/C12H12ClN3O/c13-10-2-1-8-4-11(5-9(8)3-10)14-6-12-15-7-17-16-12/h1-3,7,11,14H,4-6H2. The van der Waals surface area contributed by atoms with Crippen LogP contribution in [0.5, 0.6) is 0 Å². The van der Waals surface area contributed by atoms with Crippen LogP contribution < -0.4 is 5.32 Å². The first-order valence-electron chi connectivity index (χ1n) is 5.57. The maximum atomic E-state index is 5.98. The molecule has 1 aromatic heterocycles. The minimum atomic E-state index is 0.432. The molecule has 0 bridgehead atoms. The molecule has 1 aromatic carbocycles. The summed E-state index contributed by atoms with van der Waals surface area (Å²) in [6.45, 7) is 0.642. The Morgan fingerprint density at radius 2 is 2.24 bits per heavy atom. The number of hydrogen-bond acceptors (Lipinski definition) is 4. The molecule has 3 rings (SSSR count). The number of benzene rings is 1. The van der Waals surface area contributed by atoms with Crippen LogP contribution in [0.3, 0.4) is 0 Å². The van der Waals surface area contributed by atoms with E-state index in [0.717, 1.165) is 17.9 Å². The maximum Gasteiger partial charge on any atom is 0.213 e. The third-order valence-electron chi connectivity index (χ3n) is 3.06. The lowest BCUT2D eigenvalue weighted by Gasteiger charge is -2.09. The molecule has 1 aliphatic rings. The highest BCUT2D eigenvalue weighted by molar-refractivity contribution is 6.30. The molecular weight excluding hydrogens is 238 g/mol. The smallest absolute Gasteiger partial charge is 0.213 e. The van der Waals surface area contributed by atoms with E-state index in [-0.39, 0.29) is 0 Å². The Kier molecular flexibility index (Phi) is 2.82. The Bertz CT molecular complexity index is 512. The number of hydrogen-bond donors (Lipinski definition) is 1. The van der Waals surface area contributed by atoms with Crippen LogP contribution in [0.25, 0.3) is 0 Å². The van der Waals surface area contributed by atoms with Gasteiger partial charge in [0.1, 0.15) is 0 Å². The number of aromatic nitrogens is 2. The first-order valence-corrected chi connectivity index (χ1v) is 5.95. The lowest BCUT2D eigenvalue weighted by Crippen LogP contribution is -2.29. The van der Waals surface area contributed by atoms with Crippen molar-refractivity contribution >= 4 is 11.6 Å². The van der Waals surface area contributed by atoms with Crippen LogP contribution >= 0.6 is 11.6 Å². The number of fused-ring (bicyclic) bond motifs is 1. The first kappa shape index (κ1) is 10.7. The first-order chi connectivity index (χ1) is 8.31. The fourth-order valence-electron chi connectivity index (χ4n) is 2.24. The predicted octanol–water partition coefficient (Wildman–Crippen LogP) is 1.98. The van der Waals surface area contributed by atoms with Gasteiger partial charge in [-0.2, -0.15) is 4.98 Å². The minimum absolute atomic E-state index is 0.432. The van der Waals surface area contributed by atoms with Gasteiger partial charge in [0.25, 0.3) is 0 Å². The second-order valence-electron chi connectivity index (χ2n) is 4.25. The number of nitrogens with zero attached hydrogens (tertiary/aromatic N) is 2. The zero-order chi connectivity index (χ0) is 11.7. The van der Waals surface area contributed by atoms with E-state index in [1.165, 1.54) is 17.5 Å². The zero-order valence-electron chi connectivity index (χ0n) is 9.19. The SMILES string of the molecule is Clc1ccc2c(c1)CC(NCc1ncon1)C2.